The Bertz CT molecular complexity index is 475. The fourth-order valence-electron chi connectivity index (χ4n) is 2.31. The maximum Gasteiger partial charge on any atom is 0.124 e. The van der Waals surface area contributed by atoms with Crippen LogP contribution in [0.1, 0.15) is 18.0 Å². The summed E-state index contributed by atoms with van der Waals surface area (Å²) in [7, 11) is 0. The Balaban J connectivity index is 2.09. The van der Waals surface area contributed by atoms with Gasteiger partial charge in [0, 0.05) is 16.5 Å². The van der Waals surface area contributed by atoms with E-state index in [-0.39, 0.29) is 6.04 Å². The van der Waals surface area contributed by atoms with E-state index in [0.717, 1.165) is 35.8 Å². The molecular weight excluding hydrogens is 234 g/mol. The van der Waals surface area contributed by atoms with E-state index in [2.05, 4.69) is 4.99 Å². The first-order chi connectivity index (χ1) is 8.24. The Morgan fingerprint density at radius 3 is 3.12 bits per heavy atom. The van der Waals surface area contributed by atoms with Gasteiger partial charge in [-0.3, -0.25) is 4.99 Å². The molecule has 2 unspecified atom stereocenters. The molecule has 0 bridgehead atoms. The second-order valence-electron chi connectivity index (χ2n) is 4.35. The van der Waals surface area contributed by atoms with Gasteiger partial charge in [0.25, 0.3) is 0 Å². The highest BCUT2D eigenvalue weighted by Crippen LogP contribution is 2.42. The molecule has 0 amide bonds. The molecule has 1 aromatic carbocycles. The molecule has 17 heavy (non-hydrogen) atoms. The molecule has 3 rings (SSSR count). The van der Waals surface area contributed by atoms with Gasteiger partial charge in [-0.1, -0.05) is 0 Å². The van der Waals surface area contributed by atoms with Crippen molar-refractivity contribution < 1.29 is 4.74 Å². The van der Waals surface area contributed by atoms with Gasteiger partial charge >= 0.3 is 0 Å². The fraction of sp³-hybridized carbons (Fsp3) is 0.417. The average molecular weight is 249 g/mol. The highest BCUT2D eigenvalue weighted by molar-refractivity contribution is 8.00. The normalized spacial score (nSPS) is 27.2. The van der Waals surface area contributed by atoms with Crippen LogP contribution in [0.15, 0.2) is 23.2 Å². The first kappa shape index (κ1) is 10.8. The molecule has 5 heteroatoms. The molecule has 2 atom stereocenters. The topological polar surface area (TPSA) is 73.6 Å². The number of nitrogens with zero attached hydrogens (tertiary/aromatic N) is 1. The summed E-state index contributed by atoms with van der Waals surface area (Å²) in [5.74, 6) is 2.43. The van der Waals surface area contributed by atoms with Crippen molar-refractivity contribution >= 4 is 23.3 Å². The number of hydrogen-bond donors (Lipinski definition) is 2. The smallest absolute Gasteiger partial charge is 0.124 e. The summed E-state index contributed by atoms with van der Waals surface area (Å²) in [6.45, 7) is 0.737. The van der Waals surface area contributed by atoms with E-state index in [1.165, 1.54) is 0 Å². The molecule has 2 heterocycles. The van der Waals surface area contributed by atoms with Crippen LogP contribution in [0.5, 0.6) is 5.75 Å². The Morgan fingerprint density at radius 2 is 2.24 bits per heavy atom. The zero-order valence-corrected chi connectivity index (χ0v) is 10.2. The molecule has 0 aromatic heterocycles. The molecule has 0 spiro atoms. The van der Waals surface area contributed by atoms with E-state index in [1.54, 1.807) is 0 Å². The minimum atomic E-state index is 0.0924. The maximum atomic E-state index is 5.85. The number of amidine groups is 1. The minimum Gasteiger partial charge on any atom is -0.493 e. The van der Waals surface area contributed by atoms with Crippen LogP contribution in [0.2, 0.25) is 0 Å². The summed E-state index contributed by atoms with van der Waals surface area (Å²) in [6.07, 6.45) is 1.00. The third kappa shape index (κ3) is 1.95. The summed E-state index contributed by atoms with van der Waals surface area (Å²) in [6, 6.07) is 5.84. The van der Waals surface area contributed by atoms with Gasteiger partial charge in [0.2, 0.25) is 0 Å². The number of fused-ring (bicyclic) bond motifs is 3. The molecule has 4 N–H and O–H groups in total. The van der Waals surface area contributed by atoms with Crippen LogP contribution in [0.4, 0.5) is 5.69 Å². The quantitative estimate of drug-likeness (QED) is 0.684. The Labute approximate surface area is 104 Å². The van der Waals surface area contributed by atoms with Crippen molar-refractivity contribution in [2.24, 2.45) is 10.7 Å². The van der Waals surface area contributed by atoms with Crippen LogP contribution in [0, 0.1) is 0 Å². The lowest BCUT2D eigenvalue weighted by Gasteiger charge is -2.26. The summed E-state index contributed by atoms with van der Waals surface area (Å²) in [4.78, 5) is 4.58. The minimum absolute atomic E-state index is 0.0924. The molecule has 0 saturated carbocycles. The van der Waals surface area contributed by atoms with Crippen LogP contribution in [-0.2, 0) is 0 Å². The Morgan fingerprint density at radius 1 is 1.35 bits per heavy atom. The largest absolute Gasteiger partial charge is 0.493 e. The molecule has 0 fully saturated rings. The lowest BCUT2D eigenvalue weighted by Crippen LogP contribution is -2.27. The number of benzene rings is 1. The van der Waals surface area contributed by atoms with Gasteiger partial charge in [0.15, 0.2) is 0 Å². The van der Waals surface area contributed by atoms with Crippen LogP contribution in [-0.4, -0.2) is 23.4 Å². The Hall–Kier alpha value is -1.36. The molecule has 1 aromatic rings. The van der Waals surface area contributed by atoms with Gasteiger partial charge in [0.1, 0.15) is 11.6 Å². The standard InChI is InChI=1S/C12H15N3OS/c13-7-1-2-9-8(5-7)12-10(3-4-16-9)17-6-11(14)15-12/h1-2,5,10,12H,3-4,6,13H2,(H2,14,15). The number of anilines is 1. The van der Waals surface area contributed by atoms with Crippen molar-refractivity contribution in [1.82, 2.24) is 0 Å². The zero-order valence-electron chi connectivity index (χ0n) is 9.43. The van der Waals surface area contributed by atoms with Crippen molar-refractivity contribution in [2.45, 2.75) is 17.7 Å². The maximum absolute atomic E-state index is 5.85. The third-order valence-electron chi connectivity index (χ3n) is 3.11. The lowest BCUT2D eigenvalue weighted by molar-refractivity contribution is 0.317. The fourth-order valence-corrected chi connectivity index (χ4v) is 3.42. The summed E-state index contributed by atoms with van der Waals surface area (Å²) in [5.41, 5.74) is 13.5. The first-order valence-corrected chi connectivity index (χ1v) is 6.75. The number of aliphatic imine (C=N–C) groups is 1. The first-order valence-electron chi connectivity index (χ1n) is 5.70. The molecular formula is C12H15N3OS. The van der Waals surface area contributed by atoms with Gasteiger partial charge < -0.3 is 16.2 Å². The van der Waals surface area contributed by atoms with E-state index in [1.807, 2.05) is 30.0 Å². The third-order valence-corrected chi connectivity index (χ3v) is 4.50. The van der Waals surface area contributed by atoms with Crippen molar-refractivity contribution in [3.8, 4) is 5.75 Å². The lowest BCUT2D eigenvalue weighted by atomic mass is 10.0. The Kier molecular flexibility index (Phi) is 2.63. The van der Waals surface area contributed by atoms with Crippen LogP contribution in [0.3, 0.4) is 0 Å². The molecule has 0 saturated heterocycles. The molecule has 0 radical (unpaired) electrons. The van der Waals surface area contributed by atoms with Crippen molar-refractivity contribution in [3.05, 3.63) is 23.8 Å². The number of rotatable bonds is 0. The summed E-state index contributed by atoms with van der Waals surface area (Å²) in [5, 5.41) is 0.449. The number of nitrogen functional groups attached to an aromatic ring is 1. The predicted molar refractivity (Wildman–Crippen MR) is 71.6 cm³/mol. The number of nitrogens with two attached hydrogens (primary N) is 2. The SMILES string of the molecule is NC1=NC2c3cc(N)ccc3OCCC2SC1. The van der Waals surface area contributed by atoms with Gasteiger partial charge in [-0.2, -0.15) is 0 Å². The van der Waals surface area contributed by atoms with Gasteiger partial charge in [0.05, 0.1) is 18.4 Å². The zero-order chi connectivity index (χ0) is 11.8. The average Bonchev–Trinajstić information content (AvgIpc) is 2.48. The van der Waals surface area contributed by atoms with E-state index in [0.29, 0.717) is 11.1 Å². The molecule has 4 nitrogen and oxygen atoms in total. The van der Waals surface area contributed by atoms with Crippen LogP contribution in [0.25, 0.3) is 0 Å². The second-order valence-corrected chi connectivity index (χ2v) is 5.58. The number of ether oxygens (including phenoxy) is 1. The highest BCUT2D eigenvalue weighted by atomic mass is 32.2. The van der Waals surface area contributed by atoms with Gasteiger partial charge in [-0.15, -0.1) is 11.8 Å². The molecule has 2 aliphatic heterocycles. The van der Waals surface area contributed by atoms with Crippen LogP contribution < -0.4 is 16.2 Å². The van der Waals surface area contributed by atoms with E-state index >= 15 is 0 Å². The molecule has 0 aliphatic carbocycles. The van der Waals surface area contributed by atoms with E-state index in [9.17, 15) is 0 Å². The van der Waals surface area contributed by atoms with E-state index in [4.69, 9.17) is 16.2 Å². The molecule has 2 aliphatic rings. The summed E-state index contributed by atoms with van der Waals surface area (Å²) >= 11 is 1.86. The monoisotopic (exact) mass is 249 g/mol. The number of thioether (sulfide) groups is 1. The number of hydrogen-bond acceptors (Lipinski definition) is 5. The predicted octanol–water partition coefficient (Wildman–Crippen LogP) is 1.56. The van der Waals surface area contributed by atoms with Crippen molar-refractivity contribution in [3.63, 3.8) is 0 Å². The second kappa shape index (κ2) is 4.14. The van der Waals surface area contributed by atoms with Gasteiger partial charge in [-0.25, -0.2) is 0 Å². The van der Waals surface area contributed by atoms with Gasteiger partial charge in [-0.05, 0) is 24.6 Å². The van der Waals surface area contributed by atoms with Crippen molar-refractivity contribution in [2.75, 3.05) is 18.1 Å². The van der Waals surface area contributed by atoms with E-state index < -0.39 is 0 Å². The molecule has 90 valence electrons. The van der Waals surface area contributed by atoms with Crippen LogP contribution >= 0.6 is 11.8 Å². The highest BCUT2D eigenvalue weighted by Gasteiger charge is 2.31. The summed E-state index contributed by atoms with van der Waals surface area (Å²) < 4.78 is 5.75. The van der Waals surface area contributed by atoms with Crippen molar-refractivity contribution in [1.29, 1.82) is 0 Å².